The third-order valence-electron chi connectivity index (χ3n) is 3.45. The Bertz CT molecular complexity index is 316. The first-order valence-corrected chi connectivity index (χ1v) is 6.80. The summed E-state index contributed by atoms with van der Waals surface area (Å²) in [6, 6.07) is 2.59. The quantitative estimate of drug-likeness (QED) is 0.792. The van der Waals surface area contributed by atoms with Gasteiger partial charge in [0.2, 0.25) is 0 Å². The topological polar surface area (TPSA) is 38.0 Å². The smallest absolute Gasteiger partial charge is 0.0625 e. The van der Waals surface area contributed by atoms with Gasteiger partial charge in [-0.25, -0.2) is 0 Å². The molecule has 0 saturated carbocycles. The zero-order chi connectivity index (χ0) is 12.8. The lowest BCUT2D eigenvalue weighted by molar-refractivity contribution is 0.116. The molecule has 1 rings (SSSR count). The summed E-state index contributed by atoms with van der Waals surface area (Å²) in [6.45, 7) is 8.48. The molecule has 0 spiro atoms. The van der Waals surface area contributed by atoms with Crippen molar-refractivity contribution in [1.82, 2.24) is 9.78 Å². The van der Waals surface area contributed by atoms with E-state index in [4.69, 9.17) is 0 Å². The summed E-state index contributed by atoms with van der Waals surface area (Å²) in [6.07, 6.45) is 5.76. The molecule has 0 bridgehead atoms. The fourth-order valence-corrected chi connectivity index (χ4v) is 2.01. The van der Waals surface area contributed by atoms with Gasteiger partial charge >= 0.3 is 0 Å². The molecule has 1 aromatic rings. The Kier molecular flexibility index (Phi) is 5.69. The van der Waals surface area contributed by atoms with E-state index in [1.54, 1.807) is 0 Å². The van der Waals surface area contributed by atoms with Crippen LogP contribution in [0.2, 0.25) is 0 Å². The van der Waals surface area contributed by atoms with Crippen LogP contribution in [0.3, 0.4) is 0 Å². The minimum Gasteiger partial charge on any atom is -0.393 e. The molecule has 0 amide bonds. The summed E-state index contributed by atoms with van der Waals surface area (Å²) >= 11 is 0. The Morgan fingerprint density at radius 2 is 1.94 bits per heavy atom. The maximum atomic E-state index is 9.76. The molecule has 98 valence electrons. The third-order valence-corrected chi connectivity index (χ3v) is 3.45. The van der Waals surface area contributed by atoms with Crippen LogP contribution in [0, 0.1) is 5.92 Å². The van der Waals surface area contributed by atoms with Gasteiger partial charge in [0.05, 0.1) is 17.8 Å². The molecule has 17 heavy (non-hydrogen) atoms. The van der Waals surface area contributed by atoms with Gasteiger partial charge in [0.1, 0.15) is 0 Å². The molecule has 0 radical (unpaired) electrons. The molecular formula is C14H26N2O. The number of aryl methyl sites for hydroxylation is 1. The Hall–Kier alpha value is -0.830. The van der Waals surface area contributed by atoms with Gasteiger partial charge in [-0.15, -0.1) is 0 Å². The van der Waals surface area contributed by atoms with Crippen molar-refractivity contribution in [2.24, 2.45) is 5.92 Å². The van der Waals surface area contributed by atoms with Crippen LogP contribution in [0.25, 0.3) is 0 Å². The lowest BCUT2D eigenvalue weighted by atomic mass is 10.0. The van der Waals surface area contributed by atoms with Gasteiger partial charge in [-0.2, -0.15) is 5.10 Å². The fraction of sp³-hybridized carbons (Fsp3) is 0.786. The lowest BCUT2D eigenvalue weighted by Gasteiger charge is -2.14. The van der Waals surface area contributed by atoms with Crippen LogP contribution in [0.1, 0.15) is 58.7 Å². The normalized spacial score (nSPS) is 13.6. The number of hydrogen-bond acceptors (Lipinski definition) is 2. The maximum absolute atomic E-state index is 9.76. The van der Waals surface area contributed by atoms with Gasteiger partial charge in [-0.3, -0.25) is 4.68 Å². The van der Waals surface area contributed by atoms with E-state index in [9.17, 15) is 5.11 Å². The van der Waals surface area contributed by atoms with Crippen LogP contribution in [-0.4, -0.2) is 21.0 Å². The summed E-state index contributed by atoms with van der Waals surface area (Å²) in [4.78, 5) is 0. The second kappa shape index (κ2) is 6.80. The average Bonchev–Trinajstić information content (AvgIpc) is 2.76. The van der Waals surface area contributed by atoms with Crippen molar-refractivity contribution in [3.63, 3.8) is 0 Å². The number of hydrogen-bond donors (Lipinski definition) is 1. The predicted molar refractivity (Wildman–Crippen MR) is 71.0 cm³/mol. The monoisotopic (exact) mass is 238 g/mol. The lowest BCUT2D eigenvalue weighted by Crippen LogP contribution is -2.15. The fourth-order valence-electron chi connectivity index (χ4n) is 2.01. The Balaban J connectivity index is 2.51. The standard InChI is InChI=1S/C14H26N2O/c1-5-13(6-2)16-10-9-12(15-16)7-8-14(17)11(3)4/h9-11,13-14,17H,5-8H2,1-4H3. The van der Waals surface area contributed by atoms with Crippen LogP contribution in [0.15, 0.2) is 12.3 Å². The minimum absolute atomic E-state index is 0.215. The van der Waals surface area contributed by atoms with Crippen molar-refractivity contribution in [3.8, 4) is 0 Å². The van der Waals surface area contributed by atoms with Crippen molar-refractivity contribution in [2.75, 3.05) is 0 Å². The van der Waals surface area contributed by atoms with Crippen LogP contribution < -0.4 is 0 Å². The highest BCUT2D eigenvalue weighted by Crippen LogP contribution is 2.16. The van der Waals surface area contributed by atoms with E-state index in [1.165, 1.54) is 0 Å². The van der Waals surface area contributed by atoms with Crippen LogP contribution in [0.5, 0.6) is 0 Å². The average molecular weight is 238 g/mol. The molecule has 0 aliphatic heterocycles. The molecule has 0 aliphatic rings. The summed E-state index contributed by atoms with van der Waals surface area (Å²) in [5, 5.41) is 14.4. The molecule has 1 N–H and O–H groups in total. The zero-order valence-electron chi connectivity index (χ0n) is 11.6. The number of aliphatic hydroxyl groups excluding tert-OH is 1. The largest absolute Gasteiger partial charge is 0.393 e. The van der Waals surface area contributed by atoms with E-state index in [0.717, 1.165) is 31.4 Å². The van der Waals surface area contributed by atoms with E-state index in [-0.39, 0.29) is 6.10 Å². The number of aliphatic hydroxyl groups is 1. The van der Waals surface area contributed by atoms with Gasteiger partial charge in [-0.05, 0) is 37.7 Å². The van der Waals surface area contributed by atoms with Crippen molar-refractivity contribution < 1.29 is 5.11 Å². The highest BCUT2D eigenvalue weighted by atomic mass is 16.3. The third kappa shape index (κ3) is 4.15. The second-order valence-electron chi connectivity index (χ2n) is 5.11. The van der Waals surface area contributed by atoms with Crippen LogP contribution in [-0.2, 0) is 6.42 Å². The van der Waals surface area contributed by atoms with Gasteiger partial charge in [0, 0.05) is 6.20 Å². The van der Waals surface area contributed by atoms with Gasteiger partial charge < -0.3 is 5.11 Å². The summed E-state index contributed by atoms with van der Waals surface area (Å²) < 4.78 is 2.07. The van der Waals surface area contributed by atoms with Crippen molar-refractivity contribution in [2.45, 2.75) is 65.5 Å². The summed E-state index contributed by atoms with van der Waals surface area (Å²) in [5.74, 6) is 0.330. The Morgan fingerprint density at radius 3 is 2.47 bits per heavy atom. The molecule has 1 atom stereocenters. The summed E-state index contributed by atoms with van der Waals surface area (Å²) in [5.41, 5.74) is 1.09. The molecule has 0 saturated heterocycles. The maximum Gasteiger partial charge on any atom is 0.0625 e. The van der Waals surface area contributed by atoms with Gasteiger partial charge in [0.25, 0.3) is 0 Å². The number of nitrogens with zero attached hydrogens (tertiary/aromatic N) is 2. The van der Waals surface area contributed by atoms with Crippen LogP contribution in [0.4, 0.5) is 0 Å². The highest BCUT2D eigenvalue weighted by molar-refractivity contribution is 5.00. The predicted octanol–water partition coefficient (Wildman–Crippen LogP) is 3.19. The molecule has 0 fully saturated rings. The first kappa shape index (κ1) is 14.2. The van der Waals surface area contributed by atoms with Crippen molar-refractivity contribution in [3.05, 3.63) is 18.0 Å². The van der Waals surface area contributed by atoms with Crippen molar-refractivity contribution >= 4 is 0 Å². The van der Waals surface area contributed by atoms with Crippen molar-refractivity contribution in [1.29, 1.82) is 0 Å². The Morgan fingerprint density at radius 1 is 1.29 bits per heavy atom. The molecule has 1 aromatic heterocycles. The van der Waals surface area contributed by atoms with E-state index in [1.807, 2.05) is 13.8 Å². The zero-order valence-corrected chi connectivity index (χ0v) is 11.6. The number of rotatable bonds is 7. The second-order valence-corrected chi connectivity index (χ2v) is 5.11. The SMILES string of the molecule is CCC(CC)n1ccc(CCC(O)C(C)C)n1. The minimum atomic E-state index is -0.215. The van der Waals surface area contributed by atoms with E-state index in [0.29, 0.717) is 12.0 Å². The Labute approximate surface area is 105 Å². The first-order valence-electron chi connectivity index (χ1n) is 6.80. The molecule has 3 nitrogen and oxygen atoms in total. The van der Waals surface area contributed by atoms with E-state index >= 15 is 0 Å². The first-order chi connectivity index (χ1) is 8.08. The van der Waals surface area contributed by atoms with Gasteiger partial charge in [-0.1, -0.05) is 27.7 Å². The molecule has 1 heterocycles. The molecule has 3 heteroatoms. The molecular weight excluding hydrogens is 212 g/mol. The molecule has 0 aromatic carbocycles. The highest BCUT2D eigenvalue weighted by Gasteiger charge is 2.11. The number of aromatic nitrogens is 2. The summed E-state index contributed by atoms with van der Waals surface area (Å²) in [7, 11) is 0. The molecule has 0 aliphatic carbocycles. The van der Waals surface area contributed by atoms with Gasteiger partial charge in [0.15, 0.2) is 0 Å². The van der Waals surface area contributed by atoms with Crippen LogP contribution >= 0.6 is 0 Å². The van der Waals surface area contributed by atoms with E-state index < -0.39 is 0 Å². The molecule has 1 unspecified atom stereocenters. The van der Waals surface area contributed by atoms with E-state index in [2.05, 4.69) is 35.9 Å².